The van der Waals surface area contributed by atoms with Crippen LogP contribution in [-0.4, -0.2) is 18.1 Å². The van der Waals surface area contributed by atoms with Crippen molar-refractivity contribution in [1.82, 2.24) is 0 Å². The van der Waals surface area contributed by atoms with E-state index >= 15 is 0 Å². The Morgan fingerprint density at radius 3 is 2.52 bits per heavy atom. The van der Waals surface area contributed by atoms with Gasteiger partial charge in [-0.25, -0.2) is 0 Å². The minimum Gasteiger partial charge on any atom is -0.550 e. The molecule has 0 saturated heterocycles. The molecule has 3 rings (SSSR count). The van der Waals surface area contributed by atoms with E-state index in [1.54, 1.807) is 11.8 Å². The zero-order valence-corrected chi connectivity index (χ0v) is 12.7. The molecule has 0 spiro atoms. The van der Waals surface area contributed by atoms with Crippen LogP contribution < -0.4 is 10.4 Å². The lowest BCUT2D eigenvalue weighted by atomic mass is 9.78. The smallest absolute Gasteiger partial charge is 0.228 e. The number of aliphatic carboxylic acids is 1. The van der Waals surface area contributed by atoms with Crippen molar-refractivity contribution in [3.05, 3.63) is 24.3 Å². The Balaban J connectivity index is 1.80. The Labute approximate surface area is 128 Å². The number of para-hydroxylation sites is 1. The summed E-state index contributed by atoms with van der Waals surface area (Å²) in [6.45, 7) is 0. The fourth-order valence-corrected chi connectivity index (χ4v) is 4.53. The topological polar surface area (TPSA) is 69.2 Å². The molecule has 4 nitrogen and oxygen atoms in total. The van der Waals surface area contributed by atoms with Crippen molar-refractivity contribution >= 4 is 29.3 Å². The van der Waals surface area contributed by atoms with E-state index < -0.39 is 17.8 Å². The number of nitrogens with one attached hydrogen (secondary N) is 1. The summed E-state index contributed by atoms with van der Waals surface area (Å²) in [5, 5.41) is 14.3. The van der Waals surface area contributed by atoms with Gasteiger partial charge >= 0.3 is 0 Å². The molecule has 2 bridgehead atoms. The zero-order valence-electron chi connectivity index (χ0n) is 11.9. The van der Waals surface area contributed by atoms with Crippen LogP contribution in [0.5, 0.6) is 0 Å². The van der Waals surface area contributed by atoms with E-state index in [-0.39, 0.29) is 17.7 Å². The molecule has 0 aromatic heterocycles. The van der Waals surface area contributed by atoms with Crippen molar-refractivity contribution in [2.45, 2.75) is 24.2 Å². The van der Waals surface area contributed by atoms with Crippen LogP contribution >= 0.6 is 11.8 Å². The highest BCUT2D eigenvalue weighted by molar-refractivity contribution is 7.98. The van der Waals surface area contributed by atoms with Gasteiger partial charge in [0.2, 0.25) is 5.91 Å². The van der Waals surface area contributed by atoms with Crippen molar-refractivity contribution in [3.8, 4) is 0 Å². The van der Waals surface area contributed by atoms with E-state index in [0.717, 1.165) is 29.8 Å². The number of carbonyl (C=O) groups excluding carboxylic acids is 2. The summed E-state index contributed by atoms with van der Waals surface area (Å²) in [4.78, 5) is 24.9. The molecule has 4 atom stereocenters. The normalized spacial score (nSPS) is 30.3. The van der Waals surface area contributed by atoms with Crippen LogP contribution in [0, 0.1) is 23.7 Å². The molecule has 0 radical (unpaired) electrons. The predicted octanol–water partition coefficient (Wildman–Crippen LogP) is 1.76. The summed E-state index contributed by atoms with van der Waals surface area (Å²) in [5.74, 6) is -1.99. The lowest BCUT2D eigenvalue weighted by Gasteiger charge is -2.30. The van der Waals surface area contributed by atoms with E-state index in [0.29, 0.717) is 0 Å². The molecule has 1 amide bonds. The van der Waals surface area contributed by atoms with Crippen molar-refractivity contribution in [1.29, 1.82) is 0 Å². The van der Waals surface area contributed by atoms with Gasteiger partial charge in [0, 0.05) is 22.7 Å². The number of amides is 1. The van der Waals surface area contributed by atoms with Gasteiger partial charge < -0.3 is 15.2 Å². The first-order chi connectivity index (χ1) is 10.1. The highest BCUT2D eigenvalue weighted by Gasteiger charge is 2.51. The maximum absolute atomic E-state index is 12.6. The molecule has 0 heterocycles. The van der Waals surface area contributed by atoms with Crippen molar-refractivity contribution in [2.24, 2.45) is 23.7 Å². The van der Waals surface area contributed by atoms with Crippen molar-refractivity contribution in [3.63, 3.8) is 0 Å². The maximum atomic E-state index is 12.6. The van der Waals surface area contributed by atoms with E-state index in [1.165, 1.54) is 0 Å². The molecule has 1 aromatic carbocycles. The van der Waals surface area contributed by atoms with E-state index in [2.05, 4.69) is 5.32 Å². The summed E-state index contributed by atoms with van der Waals surface area (Å²) >= 11 is 1.56. The highest BCUT2D eigenvalue weighted by Crippen LogP contribution is 2.52. The van der Waals surface area contributed by atoms with Gasteiger partial charge in [-0.05, 0) is 49.5 Å². The number of carbonyl (C=O) groups is 2. The molecule has 2 saturated carbocycles. The second-order valence-corrected chi connectivity index (χ2v) is 6.74. The van der Waals surface area contributed by atoms with Crippen LogP contribution in [-0.2, 0) is 9.59 Å². The molecule has 2 aliphatic carbocycles. The third-order valence-corrected chi connectivity index (χ3v) is 5.65. The summed E-state index contributed by atoms with van der Waals surface area (Å²) in [5.41, 5.74) is 0.759. The van der Waals surface area contributed by atoms with Gasteiger partial charge in [0.25, 0.3) is 0 Å². The molecular weight excluding hydrogens is 286 g/mol. The van der Waals surface area contributed by atoms with Gasteiger partial charge in [0.15, 0.2) is 0 Å². The summed E-state index contributed by atoms with van der Waals surface area (Å²) in [6.07, 6.45) is 4.67. The fourth-order valence-electron chi connectivity index (χ4n) is 3.97. The third-order valence-electron chi connectivity index (χ3n) is 4.86. The minimum atomic E-state index is -1.07. The fraction of sp³-hybridized carbons (Fsp3) is 0.500. The second kappa shape index (κ2) is 5.72. The Hall–Kier alpha value is -1.49. The molecule has 21 heavy (non-hydrogen) atoms. The van der Waals surface area contributed by atoms with Gasteiger partial charge in [-0.2, -0.15) is 0 Å². The minimum absolute atomic E-state index is 0.117. The summed E-state index contributed by atoms with van der Waals surface area (Å²) in [6, 6.07) is 7.58. The van der Waals surface area contributed by atoms with E-state index in [1.807, 2.05) is 30.5 Å². The zero-order chi connectivity index (χ0) is 15.0. The number of carboxylic acids is 1. The first-order valence-electron chi connectivity index (χ1n) is 7.26. The second-order valence-electron chi connectivity index (χ2n) is 5.89. The Morgan fingerprint density at radius 2 is 1.86 bits per heavy atom. The Kier molecular flexibility index (Phi) is 3.93. The number of anilines is 1. The Morgan fingerprint density at radius 1 is 1.19 bits per heavy atom. The van der Waals surface area contributed by atoms with E-state index in [4.69, 9.17) is 0 Å². The molecule has 0 unspecified atom stereocenters. The van der Waals surface area contributed by atoms with Gasteiger partial charge in [-0.3, -0.25) is 4.79 Å². The Bertz CT molecular complexity index is 574. The van der Waals surface area contributed by atoms with Crippen LogP contribution in [0.15, 0.2) is 29.2 Å². The lowest BCUT2D eigenvalue weighted by molar-refractivity contribution is -0.314. The highest BCUT2D eigenvalue weighted by atomic mass is 32.2. The van der Waals surface area contributed by atoms with Crippen LogP contribution in [0.1, 0.15) is 19.3 Å². The summed E-state index contributed by atoms with van der Waals surface area (Å²) in [7, 11) is 0. The molecule has 5 heteroatoms. The average molecular weight is 304 g/mol. The van der Waals surface area contributed by atoms with Crippen LogP contribution in [0.3, 0.4) is 0 Å². The van der Waals surface area contributed by atoms with Crippen molar-refractivity contribution in [2.75, 3.05) is 11.6 Å². The van der Waals surface area contributed by atoms with E-state index in [9.17, 15) is 14.7 Å². The van der Waals surface area contributed by atoms with Crippen LogP contribution in [0.2, 0.25) is 0 Å². The number of thioether (sulfide) groups is 1. The van der Waals surface area contributed by atoms with Gasteiger partial charge in [-0.1, -0.05) is 12.1 Å². The molecule has 0 aliphatic heterocycles. The third kappa shape index (κ3) is 2.55. The lowest BCUT2D eigenvalue weighted by Crippen LogP contribution is -2.44. The molecule has 1 N–H and O–H groups in total. The van der Waals surface area contributed by atoms with Crippen LogP contribution in [0.25, 0.3) is 0 Å². The SMILES string of the molecule is CSc1ccccc1NC(=O)[C@@H]1[C@H]2CC[C@@H](C2)[C@@H]1C(=O)[O-]. The number of hydrogen-bond acceptors (Lipinski definition) is 4. The standard InChI is InChI=1S/C16H19NO3S/c1-21-12-5-3-2-4-11(12)17-15(18)13-9-6-7-10(8-9)14(13)16(19)20/h2-5,9-10,13-14H,6-8H2,1H3,(H,17,18)(H,19,20)/p-1/t9-,10-,13+,14-/m0/s1. The molecular formula is C16H18NO3S-. The number of benzene rings is 1. The molecule has 112 valence electrons. The summed E-state index contributed by atoms with van der Waals surface area (Å²) < 4.78 is 0. The average Bonchev–Trinajstić information content (AvgIpc) is 3.08. The van der Waals surface area contributed by atoms with Gasteiger partial charge in [0.05, 0.1) is 5.69 Å². The first-order valence-corrected chi connectivity index (χ1v) is 8.49. The number of hydrogen-bond donors (Lipinski definition) is 1. The quantitative estimate of drug-likeness (QED) is 0.861. The monoisotopic (exact) mass is 304 g/mol. The molecule has 2 aliphatic rings. The van der Waals surface area contributed by atoms with Crippen LogP contribution in [0.4, 0.5) is 5.69 Å². The molecule has 1 aromatic rings. The first kappa shape index (κ1) is 14.4. The van der Waals surface area contributed by atoms with Gasteiger partial charge in [-0.15, -0.1) is 11.8 Å². The molecule has 2 fully saturated rings. The van der Waals surface area contributed by atoms with Gasteiger partial charge in [0.1, 0.15) is 0 Å². The van der Waals surface area contributed by atoms with Crippen molar-refractivity contribution < 1.29 is 14.7 Å². The largest absolute Gasteiger partial charge is 0.550 e. The number of fused-ring (bicyclic) bond motifs is 2. The number of rotatable bonds is 4. The predicted molar refractivity (Wildman–Crippen MR) is 79.7 cm³/mol. The number of carboxylic acid groups (broad SMARTS) is 1. The maximum Gasteiger partial charge on any atom is 0.228 e.